The van der Waals surface area contributed by atoms with Crippen LogP contribution in [0.25, 0.3) is 0 Å². The minimum Gasteiger partial charge on any atom is -0.463 e. The number of carbonyl (C=O) groups excluding carboxylic acids is 11. The van der Waals surface area contributed by atoms with E-state index in [1.54, 1.807) is 6.92 Å². The predicted octanol–water partition coefficient (Wildman–Crippen LogP) is -1.91. The summed E-state index contributed by atoms with van der Waals surface area (Å²) in [7, 11) is 1.48. The Kier molecular flexibility index (Phi) is 47.9. The molecule has 36 nitrogen and oxygen atoms in total. The van der Waals surface area contributed by atoms with Gasteiger partial charge >= 0.3 is 17.9 Å². The normalized spacial score (nSPS) is 23.5. The second-order valence-corrected chi connectivity index (χ2v) is 26.5. The van der Waals surface area contributed by atoms with Gasteiger partial charge in [0.1, 0.15) is 37.6 Å². The number of unbranched alkanes of at least 4 members (excludes halogenated alkanes) is 3. The largest absolute Gasteiger partial charge is 0.463 e. The SMILES string of the molecule is CNC(=O)CCCC(=O)NC(COCCC(=O)NCCCNC(=O)CCCCO[C@@H]1OC(COC(C)=O)CC(O)[C@@H]1C)(COCCC(=O)NCCCNC(=O)CCCCO[C@@H]1OC(COC(C)=O)[C@H](O)C(O)[C@@H]1C)COCCC(=O)NCCCNC(=O)CCCCO[C@@H]1OC(COC(C)=O)CC(O)[C@@H]1N. The Morgan fingerprint density at radius 2 is 0.752 bits per heavy atom. The van der Waals surface area contributed by atoms with E-state index in [1.165, 1.54) is 27.8 Å². The molecule has 0 saturated carbocycles. The lowest BCUT2D eigenvalue weighted by Gasteiger charge is -2.41. The molecule has 3 aliphatic rings. The summed E-state index contributed by atoms with van der Waals surface area (Å²) < 4.78 is 67.7. The van der Waals surface area contributed by atoms with Gasteiger partial charge in [0.25, 0.3) is 0 Å². The molecule has 14 atom stereocenters. The van der Waals surface area contributed by atoms with Gasteiger partial charge in [-0.25, -0.2) is 0 Å². The molecule has 105 heavy (non-hydrogen) atoms. The zero-order valence-corrected chi connectivity index (χ0v) is 62.1. The first kappa shape index (κ1) is 92.8. The van der Waals surface area contributed by atoms with Crippen molar-refractivity contribution >= 4 is 65.2 Å². The van der Waals surface area contributed by atoms with Crippen LogP contribution in [0, 0.1) is 11.8 Å². The summed E-state index contributed by atoms with van der Waals surface area (Å²) in [6.07, 6.45) is -3.17. The standard InChI is InChI=1S/C69H121N9O27/c1-45-52(82)37-50(39-100-47(3)79)103-66(45)97-31-10-7-17-56(85)72-25-14-28-75-59(88)22-34-94-42-69(78-62(91)21-13-20-55(84)71-6,44-96-36-24-61(90)77-30-16-27-74-58(87)19-9-12-33-99-68-63(70)53(83)38-51(104-68)40-101-48(4)80)43-95-35-23-60(89)76-29-15-26-73-57(86)18-8-11-32-98-67-46(2)64(92)65(93)54(105-67)41-102-49(5)81/h45-46,50-54,63-68,82-83,92-93H,7-44,70H2,1-6H3,(H,71,84)(H,72,85)(H,73,86)(H,74,87)(H,75,88)(H,76,89)(H,77,90)(H,78,91)/t45-,46-,50?,51?,52?,53?,54?,63-,64?,65-,66+,67+,68+,69?/m0/s1. The highest BCUT2D eigenvalue weighted by molar-refractivity contribution is 5.80. The Morgan fingerprint density at radius 3 is 1.16 bits per heavy atom. The second kappa shape index (κ2) is 54.2. The molecule has 0 aromatic rings. The fourth-order valence-corrected chi connectivity index (χ4v) is 10.9. The monoisotopic (exact) mass is 1510 g/mol. The van der Waals surface area contributed by atoms with Crippen LogP contribution in [0.3, 0.4) is 0 Å². The van der Waals surface area contributed by atoms with Crippen LogP contribution < -0.4 is 48.3 Å². The number of nitrogens with two attached hydrogens (primary N) is 1. The average Bonchev–Trinajstić information content (AvgIpc) is 0.842. The highest BCUT2D eigenvalue weighted by atomic mass is 16.7. The van der Waals surface area contributed by atoms with Crippen LogP contribution in [-0.4, -0.2) is 284 Å². The molecule has 604 valence electrons. The van der Waals surface area contributed by atoms with Crippen LogP contribution in [0.2, 0.25) is 0 Å². The molecule has 0 radical (unpaired) electrons. The maximum absolute atomic E-state index is 13.6. The average molecular weight is 1510 g/mol. The third kappa shape index (κ3) is 42.1. The Hall–Kier alpha value is -6.39. The molecule has 36 heteroatoms. The fraction of sp³-hybridized carbons (Fsp3) is 0.841. The van der Waals surface area contributed by atoms with Gasteiger partial charge in [0.05, 0.1) is 76.2 Å². The van der Waals surface area contributed by atoms with Crippen LogP contribution in [0.5, 0.6) is 0 Å². The number of rotatable bonds is 56. The zero-order chi connectivity index (χ0) is 77.4. The molecule has 3 rings (SSSR count). The lowest BCUT2D eigenvalue weighted by atomic mass is 9.92. The van der Waals surface area contributed by atoms with Gasteiger partial charge in [-0.2, -0.15) is 0 Å². The molecule has 3 fully saturated rings. The van der Waals surface area contributed by atoms with E-state index in [2.05, 4.69) is 42.5 Å². The van der Waals surface area contributed by atoms with Gasteiger partial charge in [-0.15, -0.1) is 0 Å². The molecule has 0 bridgehead atoms. The first-order valence-corrected chi connectivity index (χ1v) is 36.7. The van der Waals surface area contributed by atoms with Crippen LogP contribution >= 0.6 is 0 Å². The second-order valence-electron chi connectivity index (χ2n) is 26.5. The number of amides is 8. The summed E-state index contributed by atoms with van der Waals surface area (Å²) in [5.74, 6) is -4.77. The van der Waals surface area contributed by atoms with Crippen molar-refractivity contribution < 1.29 is 130 Å². The molecule has 14 N–H and O–H groups in total. The van der Waals surface area contributed by atoms with Crippen LogP contribution in [0.15, 0.2) is 0 Å². The quantitative estimate of drug-likeness (QED) is 0.0180. The van der Waals surface area contributed by atoms with Gasteiger partial charge < -0.3 is 126 Å². The van der Waals surface area contributed by atoms with E-state index in [4.69, 9.17) is 62.6 Å². The minimum absolute atomic E-state index is 0.0126. The lowest BCUT2D eigenvalue weighted by molar-refractivity contribution is -0.283. The molecule has 3 heterocycles. The molecular weight excluding hydrogens is 1390 g/mol. The van der Waals surface area contributed by atoms with Crippen LogP contribution in [-0.2, 0) is 110 Å². The van der Waals surface area contributed by atoms with Gasteiger partial charge in [-0.3, -0.25) is 52.7 Å². The molecule has 8 amide bonds. The molecule has 0 aliphatic carbocycles. The third-order valence-corrected chi connectivity index (χ3v) is 17.1. The first-order chi connectivity index (χ1) is 50.2. The van der Waals surface area contributed by atoms with Crippen molar-refractivity contribution in [2.75, 3.05) is 126 Å². The van der Waals surface area contributed by atoms with Crippen molar-refractivity contribution in [1.29, 1.82) is 0 Å². The highest BCUT2D eigenvalue weighted by Gasteiger charge is 2.44. The van der Waals surface area contributed by atoms with Crippen molar-refractivity contribution in [2.24, 2.45) is 17.6 Å². The number of nitrogens with one attached hydrogen (secondary N) is 8. The van der Waals surface area contributed by atoms with E-state index in [0.29, 0.717) is 70.8 Å². The molecule has 3 aliphatic heterocycles. The van der Waals surface area contributed by atoms with Gasteiger partial charge in [-0.05, 0) is 64.2 Å². The van der Waals surface area contributed by atoms with Crippen LogP contribution in [0.4, 0.5) is 0 Å². The van der Waals surface area contributed by atoms with Crippen molar-refractivity contribution in [3.63, 3.8) is 0 Å². The van der Waals surface area contributed by atoms with Crippen molar-refractivity contribution in [3.8, 4) is 0 Å². The summed E-state index contributed by atoms with van der Waals surface area (Å²) in [5, 5.41) is 63.8. The van der Waals surface area contributed by atoms with Gasteiger partial charge in [0.15, 0.2) is 18.9 Å². The number of carbonyl (C=O) groups is 11. The molecule has 7 unspecified atom stereocenters. The molecule has 3 saturated heterocycles. The van der Waals surface area contributed by atoms with Gasteiger partial charge in [-0.1, -0.05) is 13.8 Å². The first-order valence-electron chi connectivity index (χ1n) is 36.7. The molecule has 0 aromatic heterocycles. The molecule has 0 spiro atoms. The fourth-order valence-electron chi connectivity index (χ4n) is 10.9. The van der Waals surface area contributed by atoms with Crippen molar-refractivity contribution in [3.05, 3.63) is 0 Å². The van der Waals surface area contributed by atoms with Crippen molar-refractivity contribution in [1.82, 2.24) is 42.5 Å². The lowest BCUT2D eigenvalue weighted by Crippen LogP contribution is -2.58. The summed E-state index contributed by atoms with van der Waals surface area (Å²) >= 11 is 0. The van der Waals surface area contributed by atoms with Crippen molar-refractivity contribution in [2.45, 2.75) is 236 Å². The topological polar surface area (TPSA) is 502 Å². The van der Waals surface area contributed by atoms with E-state index < -0.39 is 103 Å². The smallest absolute Gasteiger partial charge is 0.302 e. The van der Waals surface area contributed by atoms with Gasteiger partial charge in [0.2, 0.25) is 47.3 Å². The third-order valence-electron chi connectivity index (χ3n) is 17.1. The maximum atomic E-state index is 13.6. The number of hydrogen-bond acceptors (Lipinski definition) is 28. The van der Waals surface area contributed by atoms with E-state index >= 15 is 0 Å². The summed E-state index contributed by atoms with van der Waals surface area (Å²) in [5.41, 5.74) is 4.61. The Morgan fingerprint density at radius 1 is 0.400 bits per heavy atom. The Labute approximate surface area is 615 Å². The molecule has 0 aromatic carbocycles. The summed E-state index contributed by atoms with van der Waals surface area (Å²) in [4.78, 5) is 136. The number of esters is 3. The maximum Gasteiger partial charge on any atom is 0.302 e. The number of aliphatic hydroxyl groups is 4. The molecular formula is C69H121N9O27. The minimum atomic E-state index is -1.44. The highest BCUT2D eigenvalue weighted by Crippen LogP contribution is 2.29. The number of ether oxygens (including phenoxy) is 12. The Balaban J connectivity index is 1.47. The van der Waals surface area contributed by atoms with E-state index in [-0.39, 0.29) is 223 Å². The summed E-state index contributed by atoms with van der Waals surface area (Å²) in [6.45, 7) is 8.13. The van der Waals surface area contributed by atoms with E-state index in [0.717, 1.165) is 0 Å². The predicted molar refractivity (Wildman–Crippen MR) is 372 cm³/mol. The van der Waals surface area contributed by atoms with E-state index in [1.807, 2.05) is 6.92 Å². The van der Waals surface area contributed by atoms with E-state index in [9.17, 15) is 73.2 Å². The van der Waals surface area contributed by atoms with Gasteiger partial charge in [0, 0.05) is 163 Å². The zero-order valence-electron chi connectivity index (χ0n) is 62.1. The number of hydrogen-bond donors (Lipinski definition) is 13. The van der Waals surface area contributed by atoms with Crippen LogP contribution in [0.1, 0.15) is 163 Å². The number of aliphatic hydroxyl groups excluding tert-OH is 4. The Bertz CT molecular complexity index is 2480. The summed E-state index contributed by atoms with van der Waals surface area (Å²) in [6, 6.07) is -0.794.